The Labute approximate surface area is 146 Å². The molecule has 0 spiro atoms. The molecule has 128 valence electrons. The lowest BCUT2D eigenvalue weighted by molar-refractivity contribution is 0.417. The summed E-state index contributed by atoms with van der Waals surface area (Å²) in [6.45, 7) is 4.87. The van der Waals surface area contributed by atoms with E-state index >= 15 is 0 Å². The van der Waals surface area contributed by atoms with Gasteiger partial charge in [0.25, 0.3) is 0 Å². The third-order valence-corrected chi connectivity index (χ3v) is 4.38. The maximum absolute atomic E-state index is 5.54. The van der Waals surface area contributed by atoms with Crippen LogP contribution in [0, 0.1) is 0 Å². The van der Waals surface area contributed by atoms with Crippen LogP contribution in [0.5, 0.6) is 5.75 Å². The molecule has 0 bridgehead atoms. The van der Waals surface area contributed by atoms with Gasteiger partial charge in [0.15, 0.2) is 5.82 Å². The van der Waals surface area contributed by atoms with E-state index in [1.54, 1.807) is 31.9 Å². The number of hydrogen-bond donors (Lipinski definition) is 1. The highest BCUT2D eigenvalue weighted by molar-refractivity contribution is 5.95. The molecule has 4 heterocycles. The van der Waals surface area contributed by atoms with E-state index in [-0.39, 0.29) is 0 Å². The van der Waals surface area contributed by atoms with Crippen LogP contribution in [-0.2, 0) is 0 Å². The molecule has 0 unspecified atom stereocenters. The Bertz CT molecular complexity index is 885. The van der Waals surface area contributed by atoms with Crippen LogP contribution >= 0.6 is 0 Å². The van der Waals surface area contributed by atoms with Gasteiger partial charge in [0.05, 0.1) is 30.4 Å². The average molecular weight is 336 g/mol. The zero-order valence-corrected chi connectivity index (χ0v) is 14.3. The van der Waals surface area contributed by atoms with Gasteiger partial charge in [0.1, 0.15) is 11.6 Å². The lowest BCUT2D eigenvalue weighted by Crippen LogP contribution is -2.49. The van der Waals surface area contributed by atoms with E-state index in [4.69, 9.17) is 14.7 Å². The fourth-order valence-corrected chi connectivity index (χ4v) is 3.17. The summed E-state index contributed by atoms with van der Waals surface area (Å²) in [7, 11) is 1.65. The number of aromatic nitrogens is 4. The first-order chi connectivity index (χ1) is 12.3. The van der Waals surface area contributed by atoms with E-state index in [0.717, 1.165) is 41.9 Å². The first-order valence-corrected chi connectivity index (χ1v) is 8.34. The summed E-state index contributed by atoms with van der Waals surface area (Å²) in [5.41, 5.74) is 1.71. The summed E-state index contributed by atoms with van der Waals surface area (Å²) in [6.07, 6.45) is 6.98. The van der Waals surface area contributed by atoms with Crippen molar-refractivity contribution in [1.82, 2.24) is 25.3 Å². The zero-order valence-electron chi connectivity index (χ0n) is 14.3. The minimum atomic E-state index is 0.399. The third kappa shape index (κ3) is 2.98. The van der Waals surface area contributed by atoms with E-state index in [2.05, 4.69) is 27.1 Å². The molecular formula is C18H20N6O. The van der Waals surface area contributed by atoms with Gasteiger partial charge in [-0.15, -0.1) is 0 Å². The molecular weight excluding hydrogens is 316 g/mol. The van der Waals surface area contributed by atoms with Gasteiger partial charge in [-0.05, 0) is 19.1 Å². The zero-order chi connectivity index (χ0) is 17.2. The van der Waals surface area contributed by atoms with E-state index in [9.17, 15) is 0 Å². The van der Waals surface area contributed by atoms with Crippen LogP contribution in [0.2, 0.25) is 0 Å². The SMILES string of the molecule is COc1cncc2nc(-c3ccncc3)nc(N3CCN[C@@H](C)C3)c12. The first kappa shape index (κ1) is 15.7. The minimum Gasteiger partial charge on any atom is -0.494 e. The molecule has 1 N–H and O–H groups in total. The van der Waals surface area contributed by atoms with Gasteiger partial charge < -0.3 is 15.0 Å². The summed E-state index contributed by atoms with van der Waals surface area (Å²) in [6, 6.07) is 4.23. The summed E-state index contributed by atoms with van der Waals surface area (Å²) >= 11 is 0. The average Bonchev–Trinajstić information content (AvgIpc) is 2.67. The molecule has 1 saturated heterocycles. The molecule has 0 aromatic carbocycles. The number of pyridine rings is 2. The minimum absolute atomic E-state index is 0.399. The van der Waals surface area contributed by atoms with Crippen LogP contribution in [0.3, 0.4) is 0 Å². The van der Waals surface area contributed by atoms with Crippen molar-refractivity contribution in [2.24, 2.45) is 0 Å². The fraction of sp³-hybridized carbons (Fsp3) is 0.333. The van der Waals surface area contributed by atoms with Crippen LogP contribution in [0.15, 0.2) is 36.9 Å². The number of rotatable bonds is 3. The topological polar surface area (TPSA) is 76.1 Å². The number of methoxy groups -OCH3 is 1. The van der Waals surface area contributed by atoms with Crippen molar-refractivity contribution in [2.45, 2.75) is 13.0 Å². The number of hydrogen-bond acceptors (Lipinski definition) is 7. The molecule has 1 aliphatic rings. The van der Waals surface area contributed by atoms with E-state index in [0.29, 0.717) is 17.6 Å². The van der Waals surface area contributed by atoms with Crippen LogP contribution in [-0.4, -0.2) is 52.7 Å². The Morgan fingerprint density at radius 3 is 2.76 bits per heavy atom. The van der Waals surface area contributed by atoms with Gasteiger partial charge in [-0.3, -0.25) is 9.97 Å². The predicted octanol–water partition coefficient (Wildman–Crippen LogP) is 1.89. The molecule has 1 aliphatic heterocycles. The molecule has 0 radical (unpaired) electrons. The van der Waals surface area contributed by atoms with Gasteiger partial charge in [0.2, 0.25) is 0 Å². The van der Waals surface area contributed by atoms with E-state index < -0.39 is 0 Å². The lowest BCUT2D eigenvalue weighted by atomic mass is 10.1. The van der Waals surface area contributed by atoms with E-state index in [1.165, 1.54) is 0 Å². The second-order valence-electron chi connectivity index (χ2n) is 6.14. The Hall–Kier alpha value is -2.80. The molecule has 1 atom stereocenters. The molecule has 25 heavy (non-hydrogen) atoms. The molecule has 1 fully saturated rings. The summed E-state index contributed by atoms with van der Waals surface area (Å²) in [5, 5.41) is 4.37. The van der Waals surface area contributed by atoms with Crippen LogP contribution in [0.1, 0.15) is 6.92 Å². The van der Waals surface area contributed by atoms with Gasteiger partial charge in [-0.2, -0.15) is 0 Å². The van der Waals surface area contributed by atoms with Gasteiger partial charge in [-0.1, -0.05) is 0 Å². The van der Waals surface area contributed by atoms with Gasteiger partial charge >= 0.3 is 0 Å². The summed E-state index contributed by atoms with van der Waals surface area (Å²) < 4.78 is 5.54. The Kier molecular flexibility index (Phi) is 4.15. The quantitative estimate of drug-likeness (QED) is 0.783. The standard InChI is InChI=1S/C18H20N6O/c1-12-11-24(8-7-21-12)18-16-14(9-20-10-15(16)25-2)22-17(23-18)13-3-5-19-6-4-13/h3-6,9-10,12,21H,7-8,11H2,1-2H3/t12-/m0/s1. The molecule has 4 rings (SSSR count). The monoisotopic (exact) mass is 336 g/mol. The fourth-order valence-electron chi connectivity index (χ4n) is 3.17. The molecule has 3 aromatic rings. The van der Waals surface area contributed by atoms with Crippen molar-refractivity contribution in [2.75, 3.05) is 31.6 Å². The Balaban J connectivity index is 1.93. The number of piperazine rings is 1. The van der Waals surface area contributed by atoms with Crippen molar-refractivity contribution >= 4 is 16.7 Å². The molecule has 0 aliphatic carbocycles. The Morgan fingerprint density at radius 1 is 1.16 bits per heavy atom. The van der Waals surface area contributed by atoms with Crippen LogP contribution in [0.4, 0.5) is 5.82 Å². The van der Waals surface area contributed by atoms with Crippen LogP contribution < -0.4 is 15.0 Å². The van der Waals surface area contributed by atoms with Gasteiger partial charge in [0, 0.05) is 43.6 Å². The number of fused-ring (bicyclic) bond motifs is 1. The number of nitrogens with zero attached hydrogens (tertiary/aromatic N) is 5. The highest BCUT2D eigenvalue weighted by Gasteiger charge is 2.22. The highest BCUT2D eigenvalue weighted by Crippen LogP contribution is 2.33. The summed E-state index contributed by atoms with van der Waals surface area (Å²) in [5.74, 6) is 2.26. The smallest absolute Gasteiger partial charge is 0.162 e. The molecule has 0 saturated carbocycles. The maximum atomic E-state index is 5.54. The van der Waals surface area contributed by atoms with Crippen molar-refractivity contribution in [3.63, 3.8) is 0 Å². The summed E-state index contributed by atoms with van der Waals surface area (Å²) in [4.78, 5) is 20.2. The molecule has 7 heteroatoms. The normalized spacial score (nSPS) is 17.7. The number of ether oxygens (including phenoxy) is 1. The van der Waals surface area contributed by atoms with Crippen molar-refractivity contribution in [1.29, 1.82) is 0 Å². The third-order valence-electron chi connectivity index (χ3n) is 4.38. The number of nitrogens with one attached hydrogen (secondary N) is 1. The van der Waals surface area contributed by atoms with Crippen molar-refractivity contribution in [3.8, 4) is 17.1 Å². The second-order valence-corrected chi connectivity index (χ2v) is 6.14. The van der Waals surface area contributed by atoms with Crippen molar-refractivity contribution in [3.05, 3.63) is 36.9 Å². The lowest BCUT2D eigenvalue weighted by Gasteiger charge is -2.33. The maximum Gasteiger partial charge on any atom is 0.162 e. The molecule has 0 amide bonds. The van der Waals surface area contributed by atoms with Gasteiger partial charge in [-0.25, -0.2) is 9.97 Å². The Morgan fingerprint density at radius 2 is 2.00 bits per heavy atom. The van der Waals surface area contributed by atoms with Crippen molar-refractivity contribution < 1.29 is 4.74 Å². The highest BCUT2D eigenvalue weighted by atomic mass is 16.5. The molecule has 7 nitrogen and oxygen atoms in total. The largest absolute Gasteiger partial charge is 0.494 e. The number of anilines is 1. The first-order valence-electron chi connectivity index (χ1n) is 8.34. The molecule has 3 aromatic heterocycles. The second kappa shape index (κ2) is 6.60. The van der Waals surface area contributed by atoms with E-state index in [1.807, 2.05) is 12.1 Å². The predicted molar refractivity (Wildman–Crippen MR) is 96.8 cm³/mol. The van der Waals surface area contributed by atoms with Crippen LogP contribution in [0.25, 0.3) is 22.3 Å².